The van der Waals surface area contributed by atoms with E-state index >= 15 is 0 Å². The van der Waals surface area contributed by atoms with Crippen molar-refractivity contribution < 1.29 is 18.9 Å². The van der Waals surface area contributed by atoms with Crippen molar-refractivity contribution in [2.45, 2.75) is 5.54 Å². The van der Waals surface area contributed by atoms with Crippen molar-refractivity contribution in [2.24, 2.45) is 9.98 Å². The number of imidazole rings is 1. The van der Waals surface area contributed by atoms with E-state index in [2.05, 4.69) is 102 Å². The first-order chi connectivity index (χ1) is 30.5. The van der Waals surface area contributed by atoms with Gasteiger partial charge in [-0.1, -0.05) is 72.8 Å². The van der Waals surface area contributed by atoms with Crippen molar-refractivity contribution in [1.82, 2.24) is 9.55 Å². The topological polar surface area (TPSA) is 79.5 Å². The fraction of sp³-hybridized carbons (Fsp3) is 0.0926. The molecule has 8 aromatic rings. The molecule has 8 heteroatoms. The van der Waals surface area contributed by atoms with Gasteiger partial charge in [-0.15, -0.1) is 0 Å². The minimum Gasteiger partial charge on any atom is -0.497 e. The van der Waals surface area contributed by atoms with Gasteiger partial charge in [-0.25, -0.2) is 15.0 Å². The molecule has 300 valence electrons. The van der Waals surface area contributed by atoms with E-state index in [1.54, 1.807) is 28.4 Å². The fourth-order valence-corrected chi connectivity index (χ4v) is 9.37. The van der Waals surface area contributed by atoms with Crippen LogP contribution in [0.5, 0.6) is 23.0 Å². The molecule has 11 rings (SSSR count). The first kappa shape index (κ1) is 37.1. The van der Waals surface area contributed by atoms with Crippen molar-refractivity contribution in [1.29, 1.82) is 0 Å². The number of hydrogen-bond donors (Lipinski definition) is 0. The van der Waals surface area contributed by atoms with E-state index in [0.717, 1.165) is 112 Å². The molecule has 1 aliphatic carbocycles. The van der Waals surface area contributed by atoms with Gasteiger partial charge in [0.2, 0.25) is 0 Å². The lowest BCUT2D eigenvalue weighted by Gasteiger charge is -2.40. The number of hydrogen-bond acceptors (Lipinski definition) is 7. The normalized spacial score (nSPS) is 15.9. The summed E-state index contributed by atoms with van der Waals surface area (Å²) in [5.74, 6) is 4.53. The van der Waals surface area contributed by atoms with Gasteiger partial charge in [0.05, 0.1) is 51.3 Å². The van der Waals surface area contributed by atoms with Crippen LogP contribution < -0.4 is 18.9 Å². The number of rotatable bonds is 8. The van der Waals surface area contributed by atoms with Crippen LogP contribution in [0.3, 0.4) is 0 Å². The predicted molar refractivity (Wildman–Crippen MR) is 247 cm³/mol. The van der Waals surface area contributed by atoms with E-state index in [1.807, 2.05) is 72.8 Å². The zero-order chi connectivity index (χ0) is 42.0. The number of fused-ring (bicyclic) bond motifs is 9. The van der Waals surface area contributed by atoms with Gasteiger partial charge in [0.1, 0.15) is 34.4 Å². The molecule has 0 radical (unpaired) electrons. The Morgan fingerprint density at radius 2 is 1.00 bits per heavy atom. The van der Waals surface area contributed by atoms with Crippen LogP contribution in [0.25, 0.3) is 50.8 Å². The lowest BCUT2D eigenvalue weighted by Crippen LogP contribution is -2.38. The molecule has 0 N–H and O–H groups in total. The second-order valence-electron chi connectivity index (χ2n) is 15.4. The summed E-state index contributed by atoms with van der Waals surface area (Å²) in [4.78, 5) is 16.8. The maximum Gasteiger partial charge on any atom is 0.159 e. The first-order valence-corrected chi connectivity index (χ1v) is 20.5. The summed E-state index contributed by atoms with van der Waals surface area (Å²) >= 11 is 0. The van der Waals surface area contributed by atoms with E-state index in [9.17, 15) is 0 Å². The molecule has 8 nitrogen and oxygen atoms in total. The predicted octanol–water partition coefficient (Wildman–Crippen LogP) is 11.4. The van der Waals surface area contributed by atoms with Crippen LogP contribution in [0, 0.1) is 0 Å². The summed E-state index contributed by atoms with van der Waals surface area (Å²) in [5.41, 5.74) is 11.4. The Kier molecular flexibility index (Phi) is 8.75. The molecule has 0 saturated carbocycles. The molecule has 3 aliphatic rings. The van der Waals surface area contributed by atoms with Gasteiger partial charge < -0.3 is 23.5 Å². The van der Waals surface area contributed by atoms with Crippen LogP contribution >= 0.6 is 0 Å². The number of aromatic nitrogens is 2. The zero-order valence-corrected chi connectivity index (χ0v) is 34.6. The van der Waals surface area contributed by atoms with Crippen molar-refractivity contribution in [3.63, 3.8) is 0 Å². The minimum atomic E-state index is -0.993. The average Bonchev–Trinajstić information content (AvgIpc) is 4.04. The van der Waals surface area contributed by atoms with Gasteiger partial charge in [-0.05, 0) is 119 Å². The van der Waals surface area contributed by atoms with Gasteiger partial charge in [-0.2, -0.15) is 0 Å². The molecule has 2 aliphatic heterocycles. The second kappa shape index (κ2) is 14.6. The largest absolute Gasteiger partial charge is 0.497 e. The standard InChI is InChI=1S/C54H40N4O4/c1-59-39-23-13-35(14-24-39)48-49(36-15-25-40(60-2)26-16-36)56-52(55-48)46-32-22-34-10-6-8-12-45(34)54(46)47-43-11-7-5-9-33(43)21-31-44(47)53-57-50(37-17-27-41(61-3)28-18-37)51(58(53)54)38-19-29-42(62-4)30-20-38/h5-32H,1-4H3/t54-/m1/s1. The highest BCUT2D eigenvalue weighted by molar-refractivity contribution is 6.55. The van der Waals surface area contributed by atoms with E-state index in [-0.39, 0.29) is 0 Å². The Bertz CT molecular complexity index is 3130. The number of ether oxygens (including phenoxy) is 4. The molecule has 7 aromatic carbocycles. The molecule has 0 amide bonds. The number of allylic oxidation sites excluding steroid dienone is 2. The molecular weight excluding hydrogens is 769 g/mol. The molecule has 0 fully saturated rings. The van der Waals surface area contributed by atoms with Gasteiger partial charge in [0.25, 0.3) is 0 Å². The highest BCUT2D eigenvalue weighted by Crippen LogP contribution is 2.60. The monoisotopic (exact) mass is 808 g/mol. The smallest absolute Gasteiger partial charge is 0.159 e. The first-order valence-electron chi connectivity index (χ1n) is 20.5. The summed E-state index contributed by atoms with van der Waals surface area (Å²) in [7, 11) is 6.73. The Labute approximate surface area is 359 Å². The molecule has 0 bridgehead atoms. The number of aliphatic imine (C=N–C) groups is 2. The maximum absolute atomic E-state index is 5.68. The number of methoxy groups -OCH3 is 4. The van der Waals surface area contributed by atoms with E-state index in [4.69, 9.17) is 33.9 Å². The summed E-state index contributed by atoms with van der Waals surface area (Å²) in [6.45, 7) is 0. The Hall–Kier alpha value is -7.97. The molecule has 0 saturated heterocycles. The summed E-state index contributed by atoms with van der Waals surface area (Å²) < 4.78 is 24.9. The lowest BCUT2D eigenvalue weighted by atomic mass is 9.70. The highest BCUT2D eigenvalue weighted by atomic mass is 16.5. The van der Waals surface area contributed by atoms with Gasteiger partial charge in [0, 0.05) is 39.0 Å². The van der Waals surface area contributed by atoms with Crippen molar-refractivity contribution in [3.05, 3.63) is 203 Å². The third-order valence-electron chi connectivity index (χ3n) is 12.3. The Morgan fingerprint density at radius 1 is 0.484 bits per heavy atom. The van der Waals surface area contributed by atoms with Crippen LogP contribution in [0.1, 0.15) is 27.8 Å². The van der Waals surface area contributed by atoms with Crippen molar-refractivity contribution in [2.75, 3.05) is 28.4 Å². The molecule has 3 heterocycles. The minimum absolute atomic E-state index is 0.611. The Balaban J connectivity index is 1.30. The van der Waals surface area contributed by atoms with E-state index < -0.39 is 5.54 Å². The molecular formula is C54H40N4O4. The van der Waals surface area contributed by atoms with E-state index in [0.29, 0.717) is 5.82 Å². The van der Waals surface area contributed by atoms with Gasteiger partial charge in [0.15, 0.2) is 5.82 Å². The molecule has 0 unspecified atom stereocenters. The van der Waals surface area contributed by atoms with Crippen LogP contribution in [0.2, 0.25) is 0 Å². The van der Waals surface area contributed by atoms with Crippen LogP contribution in [0.4, 0.5) is 0 Å². The van der Waals surface area contributed by atoms with Crippen molar-refractivity contribution >= 4 is 28.3 Å². The lowest BCUT2D eigenvalue weighted by molar-refractivity contribution is 0.414. The summed E-state index contributed by atoms with van der Waals surface area (Å²) in [6.07, 6.45) is 4.42. The zero-order valence-electron chi connectivity index (χ0n) is 34.6. The molecule has 1 spiro atoms. The summed E-state index contributed by atoms with van der Waals surface area (Å²) in [6, 6.07) is 54.2. The third kappa shape index (κ3) is 5.57. The SMILES string of the molecule is COc1ccc(C2=NC(=C3C=Cc4ccccc4[C@]34c3c(ccc5ccccc35)-c3nc(-c5ccc(OC)cc5)c(-c5ccc(OC)cc5)n34)N=C2c2ccc(OC)cc2)cc1. The molecule has 1 atom stereocenters. The molecule has 62 heavy (non-hydrogen) atoms. The Morgan fingerprint density at radius 3 is 1.58 bits per heavy atom. The quantitative estimate of drug-likeness (QED) is 0.153. The highest BCUT2D eigenvalue weighted by Gasteiger charge is 2.54. The van der Waals surface area contributed by atoms with Crippen LogP contribution in [-0.4, -0.2) is 49.4 Å². The summed E-state index contributed by atoms with van der Waals surface area (Å²) in [5, 5.41) is 2.26. The van der Waals surface area contributed by atoms with Crippen LogP contribution in [0.15, 0.2) is 185 Å². The number of benzene rings is 7. The van der Waals surface area contributed by atoms with Gasteiger partial charge >= 0.3 is 0 Å². The third-order valence-corrected chi connectivity index (χ3v) is 12.3. The van der Waals surface area contributed by atoms with Crippen LogP contribution in [-0.2, 0) is 5.54 Å². The average molecular weight is 809 g/mol. The van der Waals surface area contributed by atoms with Crippen molar-refractivity contribution in [3.8, 4) is 56.9 Å². The number of nitrogens with zero attached hydrogens (tertiary/aromatic N) is 4. The maximum atomic E-state index is 5.68. The van der Waals surface area contributed by atoms with Gasteiger partial charge in [-0.3, -0.25) is 0 Å². The van der Waals surface area contributed by atoms with E-state index in [1.165, 1.54) is 0 Å². The molecule has 1 aromatic heterocycles. The fourth-order valence-electron chi connectivity index (χ4n) is 9.37. The second-order valence-corrected chi connectivity index (χ2v) is 15.4.